The second kappa shape index (κ2) is 1200. The zero-order valence-electron chi connectivity index (χ0n) is 8.02. The number of hydrogen-bond acceptors (Lipinski definition) is 6. The molecule has 0 aliphatic carbocycles. The van der Waals surface area contributed by atoms with Gasteiger partial charge in [0, 0.05) is 57.8 Å². The largest absolute Gasteiger partial charge is 0.512 e. The molecule has 0 saturated heterocycles. The fourth-order valence-electron chi connectivity index (χ4n) is 0. The molecule has 0 aromatic carbocycles. The summed E-state index contributed by atoms with van der Waals surface area (Å²) in [7, 11) is 0. The van der Waals surface area contributed by atoms with Crippen LogP contribution in [0.25, 0.3) is 0 Å². The van der Waals surface area contributed by atoms with Crippen LogP contribution < -0.4 is 0 Å². The fourth-order valence-corrected chi connectivity index (χ4v) is 0. The van der Waals surface area contributed by atoms with Crippen LogP contribution in [0, 0.1) is 71.0 Å². The standard InChI is InChI=1S/6CN.Ir.2Li/c6*1-2;;;/q6*-1;;;. The van der Waals surface area contributed by atoms with Gasteiger partial charge in [-0.25, -0.2) is 0 Å². The van der Waals surface area contributed by atoms with Crippen LogP contribution in [0.15, 0.2) is 0 Å². The molecule has 0 aromatic rings. The molecule has 0 heterocycles. The van der Waals surface area contributed by atoms with Crippen molar-refractivity contribution in [3.8, 4) is 0 Å². The van der Waals surface area contributed by atoms with E-state index in [4.69, 9.17) is 71.0 Å². The maximum Gasteiger partial charge on any atom is 0 e. The van der Waals surface area contributed by atoms with Crippen molar-refractivity contribution >= 4 is 37.7 Å². The molecule has 0 saturated carbocycles. The van der Waals surface area contributed by atoms with Gasteiger partial charge in [-0.05, 0) is 0 Å². The van der Waals surface area contributed by atoms with Gasteiger partial charge in [-0.1, -0.05) is 0 Å². The summed E-state index contributed by atoms with van der Waals surface area (Å²) in [6.07, 6.45) is 0. The van der Waals surface area contributed by atoms with Gasteiger partial charge in [0.1, 0.15) is 0 Å². The van der Waals surface area contributed by atoms with Gasteiger partial charge in [0.25, 0.3) is 0 Å². The van der Waals surface area contributed by atoms with Gasteiger partial charge >= 0.3 is 0 Å². The number of rotatable bonds is 0. The zero-order chi connectivity index (χ0) is 12.0. The molecule has 9 heteroatoms. The van der Waals surface area contributed by atoms with Gasteiger partial charge in [-0.2, -0.15) is 0 Å². The smallest absolute Gasteiger partial charge is 0 e. The van der Waals surface area contributed by atoms with Crippen molar-refractivity contribution < 1.29 is 20.1 Å². The van der Waals surface area contributed by atoms with Crippen LogP contribution >= 0.6 is 0 Å². The van der Waals surface area contributed by atoms with E-state index in [9.17, 15) is 0 Å². The van der Waals surface area contributed by atoms with Crippen molar-refractivity contribution in [1.82, 2.24) is 0 Å². The first-order valence-corrected chi connectivity index (χ1v) is 1.34. The van der Waals surface area contributed by atoms with E-state index < -0.39 is 0 Å². The Morgan fingerprint density at radius 2 is 0.333 bits per heavy atom. The Hall–Kier alpha value is -1.22. The van der Waals surface area contributed by atoms with E-state index in [1.54, 1.807) is 0 Å². The van der Waals surface area contributed by atoms with Gasteiger partial charge in [0.05, 0.1) is 0 Å². The molecule has 0 fully saturated rings. The van der Waals surface area contributed by atoms with Crippen LogP contribution in [-0.4, -0.2) is 37.7 Å². The minimum atomic E-state index is 0. The fraction of sp³-hybridized carbons (Fsp3) is 0. The van der Waals surface area contributed by atoms with Gasteiger partial charge in [0.15, 0.2) is 0 Å². The first kappa shape index (κ1) is 98.4. The van der Waals surface area contributed by atoms with Crippen molar-refractivity contribution in [2.75, 3.05) is 0 Å². The molecule has 15 heavy (non-hydrogen) atoms. The van der Waals surface area contributed by atoms with Crippen LogP contribution in [0.2, 0.25) is 0 Å². The van der Waals surface area contributed by atoms with Gasteiger partial charge in [-0.15, -0.1) is 0 Å². The van der Waals surface area contributed by atoms with Gasteiger partial charge < -0.3 is 71.0 Å². The predicted octanol–water partition coefficient (Wildman–Crippen LogP) is -0.186. The molecule has 3 radical (unpaired) electrons. The Bertz CT molecular complexity index is 101. The van der Waals surface area contributed by atoms with Crippen LogP contribution in [0.3, 0.4) is 0 Å². The van der Waals surface area contributed by atoms with Crippen LogP contribution in [0.5, 0.6) is 0 Å². The molecule has 71 valence electrons. The summed E-state index contributed by atoms with van der Waals surface area (Å²) < 4.78 is 0. The minimum absolute atomic E-state index is 0. The minimum Gasteiger partial charge on any atom is -0.512 e. The van der Waals surface area contributed by atoms with E-state index in [1.807, 2.05) is 0 Å². The Morgan fingerprint density at radius 1 is 0.333 bits per heavy atom. The molecule has 0 amide bonds. The molecule has 0 aliphatic heterocycles. The SMILES string of the molecule is [C-]#N.[C-]#N.[C-]#N.[C-]#N.[C-]#N.[C-]#N.[Ir].[Li].[Li]. The molecule has 0 atom stereocenters. The van der Waals surface area contributed by atoms with E-state index in [-0.39, 0.29) is 57.8 Å². The maximum atomic E-state index is 6.25. The molecule has 0 spiro atoms. The van der Waals surface area contributed by atoms with Crippen molar-refractivity contribution in [1.29, 1.82) is 31.6 Å². The summed E-state index contributed by atoms with van der Waals surface area (Å²) in [5, 5.41) is 37.5. The zero-order valence-corrected chi connectivity index (χ0v) is 10.4. The second-order valence-electron chi connectivity index (χ2n) is 0. The van der Waals surface area contributed by atoms with E-state index >= 15 is 0 Å². The van der Waals surface area contributed by atoms with Crippen molar-refractivity contribution in [2.45, 2.75) is 0 Å². The second-order valence-corrected chi connectivity index (χ2v) is 0. The van der Waals surface area contributed by atoms with Gasteiger partial charge in [0.2, 0.25) is 0 Å². The Morgan fingerprint density at radius 3 is 0.333 bits per heavy atom. The summed E-state index contributed by atoms with van der Waals surface area (Å²) in [5.41, 5.74) is 0. The third-order valence-corrected chi connectivity index (χ3v) is 0. The molecule has 0 aromatic heterocycles. The average Bonchev–Trinajstić information content (AvgIpc) is 2.33. The Balaban J connectivity index is -0.00000000396. The normalized spacial score (nSPS) is 0.800. The molecular weight excluding hydrogens is 362 g/mol. The topological polar surface area (TPSA) is 143 Å². The van der Waals surface area contributed by atoms with Crippen molar-refractivity contribution in [3.05, 3.63) is 39.4 Å². The summed E-state index contributed by atoms with van der Waals surface area (Å²) in [5.74, 6) is 0. The molecule has 0 rings (SSSR count). The van der Waals surface area contributed by atoms with Crippen LogP contribution in [0.1, 0.15) is 0 Å². The summed E-state index contributed by atoms with van der Waals surface area (Å²) in [6.45, 7) is 28.5. The monoisotopic (exact) mass is 363 g/mol. The van der Waals surface area contributed by atoms with Gasteiger partial charge in [-0.3, -0.25) is 0 Å². The molecule has 0 unspecified atom stereocenters. The number of nitrogens with zero attached hydrogens (tertiary/aromatic N) is 6. The molecule has 6 nitrogen and oxygen atoms in total. The molecular formula is C6IrLi2N6-6. The van der Waals surface area contributed by atoms with Crippen molar-refractivity contribution in [2.24, 2.45) is 0 Å². The first-order chi connectivity index (χ1) is 6.00. The first-order valence-electron chi connectivity index (χ1n) is 1.34. The maximum absolute atomic E-state index is 6.25. The van der Waals surface area contributed by atoms with E-state index in [0.717, 1.165) is 0 Å². The third-order valence-electron chi connectivity index (χ3n) is 0. The Kier molecular flexibility index (Phi) is 7880. The van der Waals surface area contributed by atoms with E-state index in [0.29, 0.717) is 0 Å². The quantitative estimate of drug-likeness (QED) is 0.432. The summed E-state index contributed by atoms with van der Waals surface area (Å²) in [6, 6.07) is 0. The van der Waals surface area contributed by atoms with E-state index in [1.165, 1.54) is 0 Å². The van der Waals surface area contributed by atoms with Crippen LogP contribution in [-0.2, 0) is 20.1 Å². The molecule has 0 N–H and O–H groups in total. The molecule has 0 aliphatic rings. The molecule has 0 bridgehead atoms. The summed E-state index contributed by atoms with van der Waals surface area (Å²) in [4.78, 5) is 0. The number of hydrogen-bond donors (Lipinski definition) is 0. The predicted molar refractivity (Wildman–Crippen MR) is 41.3 cm³/mol. The van der Waals surface area contributed by atoms with E-state index in [2.05, 4.69) is 0 Å². The van der Waals surface area contributed by atoms with Crippen molar-refractivity contribution in [3.63, 3.8) is 0 Å². The average molecular weight is 362 g/mol. The summed E-state index contributed by atoms with van der Waals surface area (Å²) >= 11 is 0. The third kappa shape index (κ3) is 1010. The Labute approximate surface area is 128 Å². The van der Waals surface area contributed by atoms with Crippen LogP contribution in [0.4, 0.5) is 0 Å².